The quantitative estimate of drug-likeness (QED) is 0.225. The van der Waals surface area contributed by atoms with Crippen molar-refractivity contribution in [2.45, 2.75) is 142 Å². The van der Waals surface area contributed by atoms with E-state index in [1.54, 1.807) is 26.0 Å². The molecule has 0 aliphatic carbocycles. The topological polar surface area (TPSA) is 134 Å². The summed E-state index contributed by atoms with van der Waals surface area (Å²) >= 11 is 0. The number of ketones is 1. The molecule has 0 bridgehead atoms. The summed E-state index contributed by atoms with van der Waals surface area (Å²) in [5.41, 5.74) is -0.437. The van der Waals surface area contributed by atoms with Crippen molar-refractivity contribution in [1.82, 2.24) is 0 Å². The van der Waals surface area contributed by atoms with Crippen LogP contribution in [0.2, 0.25) is 0 Å². The number of ether oxygens (including phenoxy) is 2. The molecule has 1 aromatic carbocycles. The van der Waals surface area contributed by atoms with Crippen LogP contribution in [-0.4, -0.2) is 67.8 Å². The van der Waals surface area contributed by atoms with E-state index < -0.39 is 29.2 Å². The number of carboxylic acid groups (broad SMARTS) is 1. The highest BCUT2D eigenvalue weighted by atomic mass is 16.6. The minimum Gasteiger partial charge on any atom is -0.507 e. The fraction of sp³-hybridized carbons (Fsp3) is 0.765. The van der Waals surface area contributed by atoms with Crippen molar-refractivity contribution in [2.24, 2.45) is 23.7 Å². The number of aliphatic hydroxyl groups excluding tert-OH is 1. The van der Waals surface area contributed by atoms with Gasteiger partial charge in [0, 0.05) is 11.8 Å². The summed E-state index contributed by atoms with van der Waals surface area (Å²) in [5, 5.41) is 42.1. The van der Waals surface area contributed by atoms with Gasteiger partial charge in [0.1, 0.15) is 17.1 Å². The molecule has 42 heavy (non-hydrogen) atoms. The van der Waals surface area contributed by atoms with Crippen molar-refractivity contribution in [3.63, 3.8) is 0 Å². The van der Waals surface area contributed by atoms with Gasteiger partial charge in [-0.25, -0.2) is 4.79 Å². The van der Waals surface area contributed by atoms with Gasteiger partial charge in [0.25, 0.3) is 0 Å². The highest BCUT2D eigenvalue weighted by Gasteiger charge is 2.55. The van der Waals surface area contributed by atoms with Crippen molar-refractivity contribution in [3.8, 4) is 5.75 Å². The van der Waals surface area contributed by atoms with Crippen molar-refractivity contribution < 1.29 is 39.5 Å². The average Bonchev–Trinajstić information content (AvgIpc) is 3.31. The van der Waals surface area contributed by atoms with E-state index in [1.807, 2.05) is 27.7 Å². The molecule has 2 saturated heterocycles. The standard InChI is InChI=1S/C34H54O8/c1-9-25(31-21(6)18-34(11-3,42-31)26-16-17-33(40,10-2)23(8)41-26)30(37)22(7)28(35)19(4)12-14-24-15-13-20(5)29(36)27(24)32(38)39/h13,15,19,21-23,25-26,28,31,35-36,40H,9-12,14,16-18H2,1-8H3,(H,38,39)/t19-,21+,22-,23-,25-,26-,28+,31-,33+,34-/m0/s1. The Hall–Kier alpha value is -2.00. The third kappa shape index (κ3) is 6.72. The van der Waals surface area contributed by atoms with Gasteiger partial charge in [0.2, 0.25) is 0 Å². The molecule has 0 spiro atoms. The van der Waals surface area contributed by atoms with E-state index in [9.17, 15) is 30.0 Å². The predicted molar refractivity (Wildman–Crippen MR) is 162 cm³/mol. The molecule has 8 nitrogen and oxygen atoms in total. The van der Waals surface area contributed by atoms with Crippen LogP contribution in [0.1, 0.15) is 115 Å². The minimum absolute atomic E-state index is 0.0157. The first-order valence-corrected chi connectivity index (χ1v) is 16.0. The molecule has 2 aliphatic rings. The highest BCUT2D eigenvalue weighted by Crippen LogP contribution is 2.48. The lowest BCUT2D eigenvalue weighted by molar-refractivity contribution is -0.229. The number of Topliss-reactive ketones (excluding diaryl/α,β-unsaturated/α-hetero) is 1. The van der Waals surface area contributed by atoms with Crippen LogP contribution in [-0.2, 0) is 20.7 Å². The Kier molecular flexibility index (Phi) is 11.3. The van der Waals surface area contributed by atoms with E-state index in [0.29, 0.717) is 49.7 Å². The van der Waals surface area contributed by atoms with Crippen LogP contribution in [0.25, 0.3) is 0 Å². The molecule has 8 heteroatoms. The lowest BCUT2D eigenvalue weighted by atomic mass is 9.76. The molecular weight excluding hydrogens is 536 g/mol. The normalized spacial score (nSPS) is 32.7. The molecule has 0 aromatic heterocycles. The van der Waals surface area contributed by atoms with Crippen LogP contribution >= 0.6 is 0 Å². The Morgan fingerprint density at radius 1 is 1.12 bits per heavy atom. The van der Waals surface area contributed by atoms with Gasteiger partial charge in [-0.1, -0.05) is 53.7 Å². The van der Waals surface area contributed by atoms with Gasteiger partial charge in [0.05, 0.1) is 35.6 Å². The molecule has 1 aromatic rings. The number of carboxylic acids is 1. The van der Waals surface area contributed by atoms with Gasteiger partial charge < -0.3 is 29.9 Å². The monoisotopic (exact) mass is 590 g/mol. The lowest BCUT2D eigenvalue weighted by Gasteiger charge is -2.47. The summed E-state index contributed by atoms with van der Waals surface area (Å²) in [6.07, 6.45) is 3.34. The molecular formula is C34H54O8. The van der Waals surface area contributed by atoms with Crippen LogP contribution in [0.15, 0.2) is 12.1 Å². The van der Waals surface area contributed by atoms with Crippen molar-refractivity contribution in [1.29, 1.82) is 0 Å². The van der Waals surface area contributed by atoms with Crippen LogP contribution in [0.5, 0.6) is 5.75 Å². The molecule has 0 saturated carbocycles. The van der Waals surface area contributed by atoms with Crippen LogP contribution in [0.4, 0.5) is 0 Å². The Morgan fingerprint density at radius 2 is 1.79 bits per heavy atom. The average molecular weight is 591 g/mol. The zero-order chi connectivity index (χ0) is 31.6. The van der Waals surface area contributed by atoms with Gasteiger partial charge in [-0.15, -0.1) is 0 Å². The third-order valence-corrected chi connectivity index (χ3v) is 10.7. The second-order valence-electron chi connectivity index (χ2n) is 13.2. The lowest BCUT2D eigenvalue weighted by Crippen LogP contribution is -2.55. The first-order valence-electron chi connectivity index (χ1n) is 16.0. The largest absolute Gasteiger partial charge is 0.507 e. The maximum absolute atomic E-state index is 13.9. The molecule has 3 rings (SSSR count). The molecule has 0 radical (unpaired) electrons. The Bertz CT molecular complexity index is 1100. The molecule has 0 amide bonds. The van der Waals surface area contributed by atoms with Crippen LogP contribution in [0, 0.1) is 30.6 Å². The Morgan fingerprint density at radius 3 is 2.33 bits per heavy atom. The summed E-state index contributed by atoms with van der Waals surface area (Å²) in [4.78, 5) is 25.7. The zero-order valence-corrected chi connectivity index (χ0v) is 26.9. The summed E-state index contributed by atoms with van der Waals surface area (Å²) in [7, 11) is 0. The number of hydrogen-bond acceptors (Lipinski definition) is 7. The Labute approximate surface area is 251 Å². The number of aryl methyl sites for hydroxylation is 2. The summed E-state index contributed by atoms with van der Waals surface area (Å²) in [5.74, 6) is -2.55. The number of aromatic carboxylic acids is 1. The number of carbonyl (C=O) groups excluding carboxylic acids is 1. The smallest absolute Gasteiger partial charge is 0.339 e. The second-order valence-corrected chi connectivity index (χ2v) is 13.2. The highest BCUT2D eigenvalue weighted by molar-refractivity contribution is 5.93. The number of phenols is 1. The van der Waals surface area contributed by atoms with Crippen molar-refractivity contribution in [2.75, 3.05) is 0 Å². The fourth-order valence-corrected chi connectivity index (χ4v) is 7.45. The maximum atomic E-state index is 13.9. The second kappa shape index (κ2) is 13.7. The van der Waals surface area contributed by atoms with E-state index in [2.05, 4.69) is 13.8 Å². The van der Waals surface area contributed by atoms with E-state index in [1.165, 1.54) is 0 Å². The van der Waals surface area contributed by atoms with E-state index in [-0.39, 0.29) is 53.2 Å². The molecule has 2 heterocycles. The molecule has 0 unspecified atom stereocenters. The SMILES string of the molecule is CC[C@@H](C(=O)[C@@H](C)[C@H](O)[C@@H](C)CCc1ccc(C)c(O)c1C(=O)O)[C@H]1O[C@](CC)([C@@H]2CC[C@](O)(CC)[C@H](C)O2)C[C@H]1C. The number of rotatable bonds is 13. The summed E-state index contributed by atoms with van der Waals surface area (Å²) < 4.78 is 13.2. The summed E-state index contributed by atoms with van der Waals surface area (Å²) in [6, 6.07) is 3.40. The third-order valence-electron chi connectivity index (χ3n) is 10.7. The van der Waals surface area contributed by atoms with Gasteiger partial charge in [0.15, 0.2) is 0 Å². The first-order chi connectivity index (χ1) is 19.7. The number of aromatic hydroxyl groups is 1. The number of benzene rings is 1. The van der Waals surface area contributed by atoms with E-state index in [4.69, 9.17) is 9.47 Å². The zero-order valence-electron chi connectivity index (χ0n) is 26.9. The van der Waals surface area contributed by atoms with Crippen LogP contribution < -0.4 is 0 Å². The first kappa shape index (κ1) is 34.5. The number of aliphatic hydroxyl groups is 2. The van der Waals surface area contributed by atoms with Gasteiger partial charge >= 0.3 is 5.97 Å². The van der Waals surface area contributed by atoms with E-state index in [0.717, 1.165) is 12.8 Å². The molecule has 2 fully saturated rings. The number of hydrogen-bond donors (Lipinski definition) is 4. The maximum Gasteiger partial charge on any atom is 0.339 e. The molecule has 10 atom stereocenters. The predicted octanol–water partition coefficient (Wildman–Crippen LogP) is 5.84. The molecule has 238 valence electrons. The minimum atomic E-state index is -1.18. The van der Waals surface area contributed by atoms with Gasteiger partial charge in [-0.05, 0) is 88.2 Å². The van der Waals surface area contributed by atoms with Gasteiger partial charge in [-0.3, -0.25) is 4.79 Å². The van der Waals surface area contributed by atoms with Crippen molar-refractivity contribution >= 4 is 11.8 Å². The van der Waals surface area contributed by atoms with Crippen LogP contribution in [0.3, 0.4) is 0 Å². The Balaban J connectivity index is 1.69. The molecule has 4 N–H and O–H groups in total. The summed E-state index contributed by atoms with van der Waals surface area (Å²) in [6.45, 7) is 15.4. The van der Waals surface area contributed by atoms with Gasteiger partial charge in [-0.2, -0.15) is 0 Å². The van der Waals surface area contributed by atoms with Crippen molar-refractivity contribution in [3.05, 3.63) is 28.8 Å². The number of carbonyl (C=O) groups is 2. The fourth-order valence-electron chi connectivity index (χ4n) is 7.45. The molecule has 2 aliphatic heterocycles. The van der Waals surface area contributed by atoms with E-state index >= 15 is 0 Å².